The van der Waals surface area contributed by atoms with E-state index in [1.54, 1.807) is 11.8 Å². The van der Waals surface area contributed by atoms with Crippen molar-refractivity contribution in [3.05, 3.63) is 41.7 Å². The van der Waals surface area contributed by atoms with Gasteiger partial charge in [0.15, 0.2) is 11.0 Å². The number of carbonyl (C=O) groups excluding carboxylic acids is 1. The van der Waals surface area contributed by atoms with Gasteiger partial charge in [-0.15, -0.1) is 10.2 Å². The van der Waals surface area contributed by atoms with Gasteiger partial charge in [0, 0.05) is 18.8 Å². The molecule has 1 atom stereocenters. The summed E-state index contributed by atoms with van der Waals surface area (Å²) in [4.78, 5) is 14.4. The molecule has 1 unspecified atom stereocenters. The number of hydrogen-bond donors (Lipinski definition) is 1. The van der Waals surface area contributed by atoms with Crippen LogP contribution in [0.3, 0.4) is 0 Å². The summed E-state index contributed by atoms with van der Waals surface area (Å²) in [5.74, 6) is 1.99. The zero-order chi connectivity index (χ0) is 17.9. The van der Waals surface area contributed by atoms with Crippen molar-refractivity contribution in [3.63, 3.8) is 0 Å². The molecule has 2 fully saturated rings. The molecule has 1 N–H and O–H groups in total. The van der Waals surface area contributed by atoms with E-state index in [2.05, 4.69) is 49.2 Å². The molecule has 1 aromatic heterocycles. The van der Waals surface area contributed by atoms with E-state index in [1.165, 1.54) is 5.56 Å². The van der Waals surface area contributed by atoms with Crippen molar-refractivity contribution in [1.29, 1.82) is 0 Å². The number of nitrogens with zero attached hydrogens (tertiary/aromatic N) is 4. The average Bonchev–Trinajstić information content (AvgIpc) is 3.22. The molecule has 1 amide bonds. The highest BCUT2D eigenvalue weighted by Crippen LogP contribution is 2.32. The van der Waals surface area contributed by atoms with Gasteiger partial charge < -0.3 is 9.88 Å². The number of rotatable bonds is 7. The molecule has 1 aromatic carbocycles. The Bertz CT molecular complexity index is 759. The highest BCUT2D eigenvalue weighted by atomic mass is 32.2. The first-order valence-corrected chi connectivity index (χ1v) is 10.3. The lowest BCUT2D eigenvalue weighted by Crippen LogP contribution is -2.38. The predicted octanol–water partition coefficient (Wildman–Crippen LogP) is 2.52. The third-order valence-corrected chi connectivity index (χ3v) is 6.12. The lowest BCUT2D eigenvalue weighted by atomic mass is 10.2. The first-order valence-electron chi connectivity index (χ1n) is 9.30. The van der Waals surface area contributed by atoms with Crippen LogP contribution < -0.4 is 5.32 Å². The van der Waals surface area contributed by atoms with Crippen LogP contribution in [0.15, 0.2) is 35.5 Å². The predicted molar refractivity (Wildman–Crippen MR) is 102 cm³/mol. The van der Waals surface area contributed by atoms with Crippen molar-refractivity contribution in [1.82, 2.24) is 25.0 Å². The zero-order valence-electron chi connectivity index (χ0n) is 15.1. The molecule has 0 bridgehead atoms. The molecule has 6 nitrogen and oxygen atoms in total. The number of amides is 1. The van der Waals surface area contributed by atoms with Crippen molar-refractivity contribution < 1.29 is 4.79 Å². The molecular weight excluding hydrogens is 346 g/mol. The topological polar surface area (TPSA) is 63.1 Å². The molecule has 1 aliphatic carbocycles. The van der Waals surface area contributed by atoms with Gasteiger partial charge >= 0.3 is 0 Å². The molecule has 0 radical (unpaired) electrons. The van der Waals surface area contributed by atoms with Crippen molar-refractivity contribution in [2.45, 2.75) is 48.7 Å². The molecule has 4 rings (SSSR count). The fourth-order valence-corrected chi connectivity index (χ4v) is 4.33. The Labute approximate surface area is 158 Å². The van der Waals surface area contributed by atoms with E-state index in [0.29, 0.717) is 12.6 Å². The summed E-state index contributed by atoms with van der Waals surface area (Å²) >= 11 is 1.70. The molecule has 7 heteroatoms. The summed E-state index contributed by atoms with van der Waals surface area (Å²) in [5.41, 5.74) is 1.28. The highest BCUT2D eigenvalue weighted by Gasteiger charge is 2.32. The minimum atomic E-state index is 0.139. The zero-order valence-corrected chi connectivity index (χ0v) is 15.9. The van der Waals surface area contributed by atoms with Gasteiger partial charge in [-0.3, -0.25) is 9.69 Å². The van der Waals surface area contributed by atoms with E-state index < -0.39 is 0 Å². The number of thioether (sulfide) groups is 1. The lowest BCUT2D eigenvalue weighted by molar-refractivity contribution is -0.122. The van der Waals surface area contributed by atoms with E-state index in [9.17, 15) is 4.79 Å². The van der Waals surface area contributed by atoms with Gasteiger partial charge in [0.1, 0.15) is 0 Å². The van der Waals surface area contributed by atoms with Crippen LogP contribution in [0.2, 0.25) is 0 Å². The fraction of sp³-hybridized carbons (Fsp3) is 0.526. The van der Waals surface area contributed by atoms with Crippen LogP contribution in [0.25, 0.3) is 0 Å². The molecule has 26 heavy (non-hydrogen) atoms. The second-order valence-electron chi connectivity index (χ2n) is 7.14. The van der Waals surface area contributed by atoms with Gasteiger partial charge in [0.25, 0.3) is 0 Å². The Hall–Kier alpha value is -1.86. The standard InChI is InChI=1S/C19H25N5OS/c1-23-18(21-22-19(23)26-13-14-6-3-2-4-7-14)16-8-5-11-24(16)12-17(25)20-15-9-10-15/h2-4,6-7,15-16H,5,8-13H2,1H3,(H,20,25). The van der Waals surface area contributed by atoms with Gasteiger partial charge in [-0.05, 0) is 37.8 Å². The smallest absolute Gasteiger partial charge is 0.234 e. The maximum absolute atomic E-state index is 12.2. The Kier molecular flexibility index (Phi) is 5.26. The maximum atomic E-state index is 12.2. The van der Waals surface area contributed by atoms with E-state index in [4.69, 9.17) is 0 Å². The first kappa shape index (κ1) is 17.5. The van der Waals surface area contributed by atoms with Crippen LogP contribution in [0, 0.1) is 0 Å². The molecule has 0 spiro atoms. The third kappa shape index (κ3) is 4.10. The van der Waals surface area contributed by atoms with Gasteiger partial charge in [-0.25, -0.2) is 0 Å². The molecule has 1 saturated carbocycles. The minimum Gasteiger partial charge on any atom is -0.352 e. The average molecular weight is 372 g/mol. The quantitative estimate of drug-likeness (QED) is 0.758. The number of aromatic nitrogens is 3. The number of benzene rings is 1. The Morgan fingerprint density at radius 1 is 1.23 bits per heavy atom. The second kappa shape index (κ2) is 7.80. The molecule has 2 aliphatic rings. The summed E-state index contributed by atoms with van der Waals surface area (Å²) in [6, 6.07) is 11.0. The van der Waals surface area contributed by atoms with Gasteiger partial charge in [0.2, 0.25) is 5.91 Å². The minimum absolute atomic E-state index is 0.139. The highest BCUT2D eigenvalue weighted by molar-refractivity contribution is 7.98. The Balaban J connectivity index is 1.40. The Morgan fingerprint density at radius 3 is 2.81 bits per heavy atom. The summed E-state index contributed by atoms with van der Waals surface area (Å²) in [6.45, 7) is 1.41. The lowest BCUT2D eigenvalue weighted by Gasteiger charge is -2.23. The molecular formula is C19H25N5OS. The number of nitrogens with one attached hydrogen (secondary N) is 1. The van der Waals surface area contributed by atoms with Crippen LogP contribution in [0.4, 0.5) is 0 Å². The van der Waals surface area contributed by atoms with Gasteiger partial charge in [-0.2, -0.15) is 0 Å². The van der Waals surface area contributed by atoms with Gasteiger partial charge in [0.05, 0.1) is 12.6 Å². The van der Waals surface area contributed by atoms with Crippen LogP contribution in [-0.2, 0) is 17.6 Å². The molecule has 1 aliphatic heterocycles. The van der Waals surface area contributed by atoms with Crippen LogP contribution in [0.5, 0.6) is 0 Å². The van der Waals surface area contributed by atoms with Crippen molar-refractivity contribution >= 4 is 17.7 Å². The summed E-state index contributed by atoms with van der Waals surface area (Å²) in [7, 11) is 2.03. The van der Waals surface area contributed by atoms with E-state index >= 15 is 0 Å². The molecule has 1 saturated heterocycles. The number of hydrogen-bond acceptors (Lipinski definition) is 5. The Morgan fingerprint density at radius 2 is 2.04 bits per heavy atom. The van der Waals surface area contributed by atoms with Crippen molar-refractivity contribution in [3.8, 4) is 0 Å². The summed E-state index contributed by atoms with van der Waals surface area (Å²) in [5, 5.41) is 12.9. The summed E-state index contributed by atoms with van der Waals surface area (Å²) in [6.07, 6.45) is 4.38. The fourth-order valence-electron chi connectivity index (χ4n) is 3.46. The van der Waals surface area contributed by atoms with Crippen molar-refractivity contribution in [2.75, 3.05) is 13.1 Å². The molecule has 2 aromatic rings. The van der Waals surface area contributed by atoms with Crippen LogP contribution in [-0.4, -0.2) is 44.7 Å². The molecule has 2 heterocycles. The second-order valence-corrected chi connectivity index (χ2v) is 8.09. The van der Waals surface area contributed by atoms with E-state index in [1.807, 2.05) is 13.1 Å². The normalized spacial score (nSPS) is 20.4. The molecule has 138 valence electrons. The number of carbonyl (C=O) groups is 1. The first-order chi connectivity index (χ1) is 12.7. The van der Waals surface area contributed by atoms with Gasteiger partial charge in [-0.1, -0.05) is 42.1 Å². The summed E-state index contributed by atoms with van der Waals surface area (Å²) < 4.78 is 2.09. The van der Waals surface area contributed by atoms with E-state index in [-0.39, 0.29) is 11.9 Å². The maximum Gasteiger partial charge on any atom is 0.234 e. The number of likely N-dealkylation sites (tertiary alicyclic amines) is 1. The van der Waals surface area contributed by atoms with Crippen LogP contribution >= 0.6 is 11.8 Å². The monoisotopic (exact) mass is 371 g/mol. The van der Waals surface area contributed by atoms with Crippen molar-refractivity contribution in [2.24, 2.45) is 7.05 Å². The SMILES string of the molecule is Cn1c(SCc2ccccc2)nnc1C1CCCN1CC(=O)NC1CC1. The van der Waals surface area contributed by atoms with Crippen LogP contribution in [0.1, 0.15) is 43.1 Å². The largest absolute Gasteiger partial charge is 0.352 e. The van der Waals surface area contributed by atoms with E-state index in [0.717, 1.165) is 49.0 Å². The third-order valence-electron chi connectivity index (χ3n) is 5.03.